The minimum absolute atomic E-state index is 0.0483. The summed E-state index contributed by atoms with van der Waals surface area (Å²) >= 11 is 0. The van der Waals surface area contributed by atoms with Crippen molar-refractivity contribution in [3.63, 3.8) is 0 Å². The molecule has 1 aromatic rings. The Bertz CT molecular complexity index is 415. The van der Waals surface area contributed by atoms with Gasteiger partial charge in [-0.05, 0) is 31.9 Å². The van der Waals surface area contributed by atoms with Gasteiger partial charge in [0.25, 0.3) is 0 Å². The fourth-order valence-electron chi connectivity index (χ4n) is 1.39. The van der Waals surface area contributed by atoms with Gasteiger partial charge in [0.2, 0.25) is 0 Å². The molecule has 1 N–H and O–H groups in total. The number of allylic oxidation sites excluding steroid dienone is 2. The van der Waals surface area contributed by atoms with Gasteiger partial charge in [0.05, 0.1) is 12.7 Å². The Morgan fingerprint density at radius 2 is 2.12 bits per heavy atom. The van der Waals surface area contributed by atoms with E-state index in [-0.39, 0.29) is 11.3 Å². The Labute approximate surface area is 95.4 Å². The van der Waals surface area contributed by atoms with Gasteiger partial charge in [-0.2, -0.15) is 0 Å². The molecule has 1 rings (SSSR count). The van der Waals surface area contributed by atoms with Crippen molar-refractivity contribution in [2.75, 3.05) is 7.11 Å². The van der Waals surface area contributed by atoms with E-state index in [1.54, 1.807) is 13.2 Å². The lowest BCUT2D eigenvalue weighted by Gasteiger charge is -2.09. The third kappa shape index (κ3) is 2.86. The number of phenolic OH excluding ortho intramolecular Hbond substituents is 1. The predicted molar refractivity (Wildman–Crippen MR) is 63.2 cm³/mol. The highest BCUT2D eigenvalue weighted by molar-refractivity contribution is 5.80. The molecule has 0 fully saturated rings. The average molecular weight is 220 g/mol. The van der Waals surface area contributed by atoms with Crippen LogP contribution in [0.3, 0.4) is 0 Å². The van der Waals surface area contributed by atoms with Crippen molar-refractivity contribution >= 4 is 6.29 Å². The van der Waals surface area contributed by atoms with Gasteiger partial charge < -0.3 is 9.84 Å². The topological polar surface area (TPSA) is 46.5 Å². The number of carbonyl (C=O) groups is 1. The fourth-order valence-corrected chi connectivity index (χ4v) is 1.39. The second kappa shape index (κ2) is 5.35. The molecule has 86 valence electrons. The van der Waals surface area contributed by atoms with Crippen LogP contribution in [0.25, 0.3) is 0 Å². The number of aromatic hydroxyl groups is 1. The quantitative estimate of drug-likeness (QED) is 0.627. The lowest BCUT2D eigenvalue weighted by atomic mass is 10.0. The minimum atomic E-state index is -0.0483. The van der Waals surface area contributed by atoms with E-state index in [1.807, 2.05) is 19.9 Å². The zero-order chi connectivity index (χ0) is 12.1. The van der Waals surface area contributed by atoms with Crippen LogP contribution in [-0.4, -0.2) is 18.5 Å². The van der Waals surface area contributed by atoms with E-state index in [2.05, 4.69) is 0 Å². The van der Waals surface area contributed by atoms with Gasteiger partial charge in [-0.25, -0.2) is 0 Å². The molecule has 0 saturated heterocycles. The number of carbonyl (C=O) groups excluding carboxylic acids is 1. The molecule has 0 aliphatic carbocycles. The second-order valence-corrected chi connectivity index (χ2v) is 3.83. The van der Waals surface area contributed by atoms with Crippen molar-refractivity contribution in [1.29, 1.82) is 0 Å². The van der Waals surface area contributed by atoms with Crippen LogP contribution in [0.15, 0.2) is 23.8 Å². The molecule has 0 saturated carbocycles. The van der Waals surface area contributed by atoms with Crippen LogP contribution in [0.2, 0.25) is 0 Å². The van der Waals surface area contributed by atoms with Crippen LogP contribution in [-0.2, 0) is 6.42 Å². The molecule has 0 aliphatic heterocycles. The molecule has 0 radical (unpaired) electrons. The normalized spacial score (nSPS) is 9.69. The summed E-state index contributed by atoms with van der Waals surface area (Å²) in [6, 6.07) is 3.12. The average Bonchev–Trinajstić information content (AvgIpc) is 2.26. The summed E-state index contributed by atoms with van der Waals surface area (Å²) in [5.74, 6) is 0.549. The first-order chi connectivity index (χ1) is 7.58. The Morgan fingerprint density at radius 1 is 1.44 bits per heavy atom. The number of hydrogen-bond donors (Lipinski definition) is 1. The lowest BCUT2D eigenvalue weighted by Crippen LogP contribution is -1.94. The van der Waals surface area contributed by atoms with E-state index in [4.69, 9.17) is 4.74 Å². The standard InChI is InChI=1S/C13H16O3/c1-9(2)4-5-10-6-11(8-14)12(15)7-13(10)16-3/h4,6-8,15H,5H2,1-3H3. The number of aldehydes is 1. The van der Waals surface area contributed by atoms with E-state index < -0.39 is 0 Å². The molecule has 0 bridgehead atoms. The van der Waals surface area contributed by atoms with Crippen LogP contribution in [0.5, 0.6) is 11.5 Å². The fraction of sp³-hybridized carbons (Fsp3) is 0.308. The molecular weight excluding hydrogens is 204 g/mol. The number of hydrogen-bond acceptors (Lipinski definition) is 3. The van der Waals surface area contributed by atoms with Gasteiger partial charge in [0.15, 0.2) is 6.29 Å². The van der Waals surface area contributed by atoms with Gasteiger partial charge in [-0.15, -0.1) is 0 Å². The number of rotatable bonds is 4. The highest BCUT2D eigenvalue weighted by Crippen LogP contribution is 2.28. The first kappa shape index (κ1) is 12.3. The van der Waals surface area contributed by atoms with Crippen molar-refractivity contribution in [3.8, 4) is 11.5 Å². The van der Waals surface area contributed by atoms with Crippen molar-refractivity contribution in [1.82, 2.24) is 0 Å². The van der Waals surface area contributed by atoms with Crippen LogP contribution in [0.4, 0.5) is 0 Å². The summed E-state index contributed by atoms with van der Waals surface area (Å²) < 4.78 is 5.15. The summed E-state index contributed by atoms with van der Waals surface area (Å²) in [5.41, 5.74) is 2.38. The van der Waals surface area contributed by atoms with Crippen LogP contribution < -0.4 is 4.74 Å². The molecule has 0 spiro atoms. The number of phenols is 1. The molecule has 3 heteroatoms. The summed E-state index contributed by atoms with van der Waals surface area (Å²) in [6.45, 7) is 4.01. The third-order valence-electron chi connectivity index (χ3n) is 2.29. The largest absolute Gasteiger partial charge is 0.507 e. The number of ether oxygens (including phenoxy) is 1. The third-order valence-corrected chi connectivity index (χ3v) is 2.29. The summed E-state index contributed by atoms with van der Waals surface area (Å²) in [6.07, 6.45) is 3.37. The Balaban J connectivity index is 3.14. The second-order valence-electron chi connectivity index (χ2n) is 3.83. The van der Waals surface area contributed by atoms with Crippen molar-refractivity contribution in [2.24, 2.45) is 0 Å². The van der Waals surface area contributed by atoms with Crippen molar-refractivity contribution < 1.29 is 14.6 Å². The molecule has 0 atom stereocenters. The van der Waals surface area contributed by atoms with Gasteiger partial charge in [0, 0.05) is 6.07 Å². The van der Waals surface area contributed by atoms with Crippen LogP contribution in [0.1, 0.15) is 29.8 Å². The molecule has 3 nitrogen and oxygen atoms in total. The van der Waals surface area contributed by atoms with Crippen LogP contribution in [0, 0.1) is 0 Å². The molecule has 16 heavy (non-hydrogen) atoms. The summed E-state index contributed by atoms with van der Waals surface area (Å²) in [5, 5.41) is 9.50. The summed E-state index contributed by atoms with van der Waals surface area (Å²) in [4.78, 5) is 10.7. The maximum Gasteiger partial charge on any atom is 0.153 e. The smallest absolute Gasteiger partial charge is 0.153 e. The number of benzene rings is 1. The zero-order valence-corrected chi connectivity index (χ0v) is 9.78. The predicted octanol–water partition coefficient (Wildman–Crippen LogP) is 2.72. The Hall–Kier alpha value is -1.77. The van der Waals surface area contributed by atoms with Gasteiger partial charge in [-0.1, -0.05) is 11.6 Å². The Morgan fingerprint density at radius 3 is 2.62 bits per heavy atom. The molecule has 0 aromatic heterocycles. The van der Waals surface area contributed by atoms with Crippen LogP contribution >= 0.6 is 0 Å². The van der Waals surface area contributed by atoms with E-state index in [9.17, 15) is 9.90 Å². The highest BCUT2D eigenvalue weighted by Gasteiger charge is 2.08. The first-order valence-electron chi connectivity index (χ1n) is 5.07. The SMILES string of the molecule is COc1cc(O)c(C=O)cc1CC=C(C)C. The summed E-state index contributed by atoms with van der Waals surface area (Å²) in [7, 11) is 1.54. The first-order valence-corrected chi connectivity index (χ1v) is 5.07. The van der Waals surface area contributed by atoms with Crippen molar-refractivity contribution in [2.45, 2.75) is 20.3 Å². The van der Waals surface area contributed by atoms with E-state index in [1.165, 1.54) is 11.6 Å². The highest BCUT2D eigenvalue weighted by atomic mass is 16.5. The minimum Gasteiger partial charge on any atom is -0.507 e. The molecule has 0 heterocycles. The Kier molecular flexibility index (Phi) is 4.11. The monoisotopic (exact) mass is 220 g/mol. The molecule has 1 aromatic carbocycles. The van der Waals surface area contributed by atoms with Gasteiger partial charge >= 0.3 is 0 Å². The molecule has 0 unspecified atom stereocenters. The van der Waals surface area contributed by atoms with E-state index in [0.29, 0.717) is 18.5 Å². The molecule has 0 aliphatic rings. The maximum atomic E-state index is 10.7. The molecular formula is C13H16O3. The lowest BCUT2D eigenvalue weighted by molar-refractivity contribution is 0.112. The molecule has 0 amide bonds. The van der Waals surface area contributed by atoms with E-state index >= 15 is 0 Å². The van der Waals surface area contributed by atoms with Gasteiger partial charge in [-0.3, -0.25) is 4.79 Å². The number of methoxy groups -OCH3 is 1. The van der Waals surface area contributed by atoms with Gasteiger partial charge in [0.1, 0.15) is 11.5 Å². The van der Waals surface area contributed by atoms with E-state index in [0.717, 1.165) is 5.56 Å². The zero-order valence-electron chi connectivity index (χ0n) is 9.78. The van der Waals surface area contributed by atoms with Crippen molar-refractivity contribution in [3.05, 3.63) is 34.9 Å². The maximum absolute atomic E-state index is 10.7.